The van der Waals surface area contributed by atoms with Crippen LogP contribution in [0.5, 0.6) is 5.75 Å². The fourth-order valence-corrected chi connectivity index (χ4v) is 2.12. The van der Waals surface area contributed by atoms with Crippen LogP contribution in [0.3, 0.4) is 0 Å². The molecule has 7 heteroatoms. The summed E-state index contributed by atoms with van der Waals surface area (Å²) in [6.07, 6.45) is 0. The van der Waals surface area contributed by atoms with Gasteiger partial charge in [0.15, 0.2) is 0 Å². The highest BCUT2D eigenvalue weighted by molar-refractivity contribution is 6.30. The zero-order valence-corrected chi connectivity index (χ0v) is 11.9. The van der Waals surface area contributed by atoms with Crippen molar-refractivity contribution < 1.29 is 14.3 Å². The lowest BCUT2D eigenvalue weighted by atomic mass is 10.3. The van der Waals surface area contributed by atoms with Crippen molar-refractivity contribution in [2.24, 2.45) is 0 Å². The van der Waals surface area contributed by atoms with E-state index in [-0.39, 0.29) is 24.9 Å². The van der Waals surface area contributed by atoms with Crippen molar-refractivity contribution in [3.63, 3.8) is 0 Å². The van der Waals surface area contributed by atoms with Gasteiger partial charge in [0.2, 0.25) is 11.8 Å². The SMILES string of the molecule is COc1ccc(Cl)cc1NCC(=O)N1CCNC(=O)C1. The van der Waals surface area contributed by atoms with E-state index < -0.39 is 0 Å². The van der Waals surface area contributed by atoms with Crippen LogP contribution < -0.4 is 15.4 Å². The summed E-state index contributed by atoms with van der Waals surface area (Å²) in [7, 11) is 1.55. The standard InChI is InChI=1S/C13H16ClN3O3/c1-20-11-3-2-9(14)6-10(11)16-7-13(19)17-5-4-15-12(18)8-17/h2-3,6,16H,4-5,7-8H2,1H3,(H,15,18). The van der Waals surface area contributed by atoms with Gasteiger partial charge in [0, 0.05) is 18.1 Å². The normalized spacial score (nSPS) is 14.7. The maximum Gasteiger partial charge on any atom is 0.242 e. The van der Waals surface area contributed by atoms with Crippen LogP contribution in [-0.2, 0) is 9.59 Å². The van der Waals surface area contributed by atoms with Crippen molar-refractivity contribution in [1.29, 1.82) is 0 Å². The number of anilines is 1. The summed E-state index contributed by atoms with van der Waals surface area (Å²) < 4.78 is 5.18. The highest BCUT2D eigenvalue weighted by Crippen LogP contribution is 2.27. The van der Waals surface area contributed by atoms with Crippen molar-refractivity contribution in [3.05, 3.63) is 23.2 Å². The average molecular weight is 298 g/mol. The second-order valence-electron chi connectivity index (χ2n) is 4.36. The molecule has 0 bridgehead atoms. The van der Waals surface area contributed by atoms with Crippen molar-refractivity contribution in [2.75, 3.05) is 38.6 Å². The fourth-order valence-electron chi connectivity index (χ4n) is 1.95. The number of hydrogen-bond acceptors (Lipinski definition) is 4. The van der Waals surface area contributed by atoms with Crippen molar-refractivity contribution in [3.8, 4) is 5.75 Å². The Morgan fingerprint density at radius 3 is 3.05 bits per heavy atom. The zero-order valence-electron chi connectivity index (χ0n) is 11.1. The van der Waals surface area contributed by atoms with Gasteiger partial charge < -0.3 is 20.3 Å². The third-order valence-electron chi connectivity index (χ3n) is 2.98. The van der Waals surface area contributed by atoms with Gasteiger partial charge in [0.1, 0.15) is 5.75 Å². The molecule has 108 valence electrons. The van der Waals surface area contributed by atoms with Crippen molar-refractivity contribution in [1.82, 2.24) is 10.2 Å². The van der Waals surface area contributed by atoms with Crippen LogP contribution in [0.1, 0.15) is 0 Å². The molecular formula is C13H16ClN3O3. The van der Waals surface area contributed by atoms with Crippen LogP contribution in [0.15, 0.2) is 18.2 Å². The third kappa shape index (κ3) is 3.54. The first-order valence-corrected chi connectivity index (χ1v) is 6.60. The summed E-state index contributed by atoms with van der Waals surface area (Å²) in [5.74, 6) is 0.338. The third-order valence-corrected chi connectivity index (χ3v) is 3.22. The van der Waals surface area contributed by atoms with E-state index in [9.17, 15) is 9.59 Å². The minimum absolute atomic E-state index is 0.0873. The molecule has 2 N–H and O–H groups in total. The Bertz CT molecular complexity index is 522. The minimum Gasteiger partial charge on any atom is -0.495 e. The highest BCUT2D eigenvalue weighted by atomic mass is 35.5. The van der Waals surface area contributed by atoms with Crippen molar-refractivity contribution >= 4 is 29.1 Å². The molecule has 6 nitrogen and oxygen atoms in total. The predicted molar refractivity (Wildman–Crippen MR) is 76.1 cm³/mol. The summed E-state index contributed by atoms with van der Waals surface area (Å²) in [4.78, 5) is 24.8. The summed E-state index contributed by atoms with van der Waals surface area (Å²) in [6, 6.07) is 5.13. The Hall–Kier alpha value is -1.95. The van der Waals surface area contributed by atoms with E-state index >= 15 is 0 Å². The number of rotatable bonds is 4. The molecule has 0 aromatic heterocycles. The molecule has 20 heavy (non-hydrogen) atoms. The Morgan fingerprint density at radius 1 is 1.55 bits per heavy atom. The lowest BCUT2D eigenvalue weighted by Gasteiger charge is -2.27. The van der Waals surface area contributed by atoms with Gasteiger partial charge in [-0.05, 0) is 18.2 Å². The molecule has 1 heterocycles. The number of ether oxygens (including phenoxy) is 1. The number of carbonyl (C=O) groups excluding carboxylic acids is 2. The van der Waals surface area contributed by atoms with Gasteiger partial charge in [-0.3, -0.25) is 9.59 Å². The van der Waals surface area contributed by atoms with Gasteiger partial charge in [-0.1, -0.05) is 11.6 Å². The highest BCUT2D eigenvalue weighted by Gasteiger charge is 2.20. The number of piperazine rings is 1. The first-order valence-electron chi connectivity index (χ1n) is 6.22. The number of benzene rings is 1. The molecule has 0 saturated carbocycles. The Labute approximate surface area is 122 Å². The first-order chi connectivity index (χ1) is 9.60. The van der Waals surface area contributed by atoms with E-state index in [0.29, 0.717) is 29.5 Å². The van der Waals surface area contributed by atoms with E-state index in [1.807, 2.05) is 0 Å². The van der Waals surface area contributed by atoms with Gasteiger partial charge in [-0.2, -0.15) is 0 Å². The maximum atomic E-state index is 12.0. The molecule has 2 rings (SSSR count). The summed E-state index contributed by atoms with van der Waals surface area (Å²) in [5.41, 5.74) is 0.648. The number of amides is 2. The molecule has 1 aromatic carbocycles. The summed E-state index contributed by atoms with van der Waals surface area (Å²) in [6.45, 7) is 1.21. The van der Waals surface area contributed by atoms with Crippen LogP contribution in [0.4, 0.5) is 5.69 Å². The molecule has 2 amide bonds. The second-order valence-corrected chi connectivity index (χ2v) is 4.80. The van der Waals surface area contributed by atoms with Gasteiger partial charge in [0.25, 0.3) is 0 Å². The number of halogens is 1. The molecular weight excluding hydrogens is 282 g/mol. The van der Waals surface area contributed by atoms with Gasteiger partial charge in [0.05, 0.1) is 25.9 Å². The molecule has 1 saturated heterocycles. The van der Waals surface area contributed by atoms with Crippen LogP contribution in [-0.4, -0.2) is 50.0 Å². The first kappa shape index (κ1) is 14.5. The van der Waals surface area contributed by atoms with E-state index in [1.54, 1.807) is 25.3 Å². The number of hydrogen-bond donors (Lipinski definition) is 2. The molecule has 0 spiro atoms. The Kier molecular flexibility index (Phi) is 4.68. The average Bonchev–Trinajstić information content (AvgIpc) is 2.45. The molecule has 0 atom stereocenters. The van der Waals surface area contributed by atoms with Crippen LogP contribution in [0.2, 0.25) is 5.02 Å². The molecule has 0 unspecified atom stereocenters. The minimum atomic E-state index is -0.137. The van der Waals surface area contributed by atoms with E-state index in [4.69, 9.17) is 16.3 Å². The number of nitrogens with one attached hydrogen (secondary N) is 2. The zero-order chi connectivity index (χ0) is 14.5. The Balaban J connectivity index is 1.96. The molecule has 0 radical (unpaired) electrons. The van der Waals surface area contributed by atoms with E-state index in [1.165, 1.54) is 4.90 Å². The topological polar surface area (TPSA) is 70.7 Å². The summed E-state index contributed by atoms with van der Waals surface area (Å²) in [5, 5.41) is 6.21. The van der Waals surface area contributed by atoms with Gasteiger partial charge in [-0.15, -0.1) is 0 Å². The van der Waals surface area contributed by atoms with Crippen LogP contribution >= 0.6 is 11.6 Å². The van der Waals surface area contributed by atoms with E-state index in [0.717, 1.165) is 0 Å². The molecule has 1 aromatic rings. The lowest BCUT2D eigenvalue weighted by molar-refractivity contribution is -0.136. The fraction of sp³-hybridized carbons (Fsp3) is 0.385. The number of nitrogens with zero attached hydrogens (tertiary/aromatic N) is 1. The van der Waals surface area contributed by atoms with E-state index in [2.05, 4.69) is 10.6 Å². The van der Waals surface area contributed by atoms with Crippen LogP contribution in [0.25, 0.3) is 0 Å². The molecule has 1 aliphatic heterocycles. The summed E-state index contributed by atoms with van der Waals surface area (Å²) >= 11 is 5.91. The quantitative estimate of drug-likeness (QED) is 0.859. The smallest absolute Gasteiger partial charge is 0.242 e. The van der Waals surface area contributed by atoms with Crippen molar-refractivity contribution in [2.45, 2.75) is 0 Å². The molecule has 0 aliphatic carbocycles. The largest absolute Gasteiger partial charge is 0.495 e. The maximum absolute atomic E-state index is 12.0. The molecule has 1 aliphatic rings. The van der Waals surface area contributed by atoms with Gasteiger partial charge in [-0.25, -0.2) is 0 Å². The molecule has 1 fully saturated rings. The Morgan fingerprint density at radius 2 is 2.35 bits per heavy atom. The number of carbonyl (C=O) groups is 2. The second kappa shape index (κ2) is 6.47. The van der Waals surface area contributed by atoms with Gasteiger partial charge >= 0.3 is 0 Å². The lowest BCUT2D eigenvalue weighted by Crippen LogP contribution is -2.51. The predicted octanol–water partition coefficient (Wildman–Crippen LogP) is 0.719. The number of methoxy groups -OCH3 is 1. The monoisotopic (exact) mass is 297 g/mol. The van der Waals surface area contributed by atoms with Crippen LogP contribution in [0, 0.1) is 0 Å².